The summed E-state index contributed by atoms with van der Waals surface area (Å²) in [6, 6.07) is 5.25. The summed E-state index contributed by atoms with van der Waals surface area (Å²) in [6.45, 7) is 6.84. The molecule has 32 heavy (non-hydrogen) atoms. The summed E-state index contributed by atoms with van der Waals surface area (Å²) in [5.74, 6) is 0.0877. The zero-order chi connectivity index (χ0) is 23.1. The van der Waals surface area contributed by atoms with Crippen LogP contribution in [0.3, 0.4) is 0 Å². The fourth-order valence-electron chi connectivity index (χ4n) is 4.95. The van der Waals surface area contributed by atoms with Gasteiger partial charge in [-0.25, -0.2) is 4.79 Å². The first-order chi connectivity index (χ1) is 15.2. The molecule has 1 spiro atoms. The van der Waals surface area contributed by atoms with E-state index < -0.39 is 28.9 Å². The van der Waals surface area contributed by atoms with E-state index in [0.29, 0.717) is 13.0 Å². The number of hydrogen-bond donors (Lipinski definition) is 0. The van der Waals surface area contributed by atoms with Crippen LogP contribution in [0.5, 0.6) is 5.75 Å². The fourth-order valence-corrected chi connectivity index (χ4v) is 4.95. The van der Waals surface area contributed by atoms with E-state index in [2.05, 4.69) is 26.8 Å². The maximum Gasteiger partial charge on any atom is 0.514 e. The molecule has 9 heteroatoms. The molecule has 1 aromatic carbocycles. The highest BCUT2D eigenvalue weighted by Crippen LogP contribution is 2.59. The van der Waals surface area contributed by atoms with Crippen LogP contribution < -0.4 is 4.74 Å². The van der Waals surface area contributed by atoms with Crippen molar-refractivity contribution in [2.24, 2.45) is 5.92 Å². The topological polar surface area (TPSA) is 113 Å². The van der Waals surface area contributed by atoms with Gasteiger partial charge in [0.15, 0.2) is 0 Å². The van der Waals surface area contributed by atoms with Crippen LogP contribution in [0.1, 0.15) is 40.0 Å². The smallest absolute Gasteiger partial charge is 0.428 e. The summed E-state index contributed by atoms with van der Waals surface area (Å²) in [5, 5.41) is 10.8. The number of methoxy groups -OCH3 is 1. The molecule has 9 nitrogen and oxygen atoms in total. The van der Waals surface area contributed by atoms with Crippen molar-refractivity contribution in [1.82, 2.24) is 0 Å². The minimum atomic E-state index is -0.875. The van der Waals surface area contributed by atoms with Crippen molar-refractivity contribution in [2.75, 3.05) is 13.7 Å². The molecular formula is C23H29NO8. The number of hydrogen-bond acceptors (Lipinski definition) is 8. The van der Waals surface area contributed by atoms with E-state index in [4.69, 9.17) is 23.7 Å². The first-order valence-corrected chi connectivity index (χ1v) is 10.8. The molecule has 2 saturated heterocycles. The Bertz CT molecular complexity index is 905. The van der Waals surface area contributed by atoms with Crippen molar-refractivity contribution < 1.29 is 33.4 Å². The Kier molecular flexibility index (Phi) is 6.00. The predicted molar refractivity (Wildman–Crippen MR) is 114 cm³/mol. The Morgan fingerprint density at radius 3 is 2.56 bits per heavy atom. The average Bonchev–Trinajstić information content (AvgIpc) is 3.65. The van der Waals surface area contributed by atoms with E-state index in [-0.39, 0.29) is 29.1 Å². The molecule has 4 rings (SSSR count). The third-order valence-electron chi connectivity index (χ3n) is 6.73. The molecule has 1 aliphatic carbocycles. The Hall–Kier alpha value is -2.49. The van der Waals surface area contributed by atoms with Crippen LogP contribution in [0.15, 0.2) is 35.9 Å². The molecule has 0 radical (unpaired) electrons. The summed E-state index contributed by atoms with van der Waals surface area (Å²) in [4.78, 5) is 22.7. The van der Waals surface area contributed by atoms with Crippen molar-refractivity contribution in [2.45, 2.75) is 69.5 Å². The minimum Gasteiger partial charge on any atom is -0.428 e. The van der Waals surface area contributed by atoms with Crippen LogP contribution in [0.2, 0.25) is 0 Å². The lowest BCUT2D eigenvalue weighted by Crippen LogP contribution is -2.55. The fraction of sp³-hybridized carbons (Fsp3) is 0.609. The zero-order valence-electron chi connectivity index (χ0n) is 18.7. The lowest BCUT2D eigenvalue weighted by atomic mass is 9.68. The number of carbonyl (C=O) groups excluding carboxylic acids is 1. The van der Waals surface area contributed by atoms with Crippen molar-refractivity contribution in [3.05, 3.63) is 46.0 Å². The summed E-state index contributed by atoms with van der Waals surface area (Å²) in [6.07, 6.45) is 2.56. The Morgan fingerprint density at radius 2 is 2.00 bits per heavy atom. The quantitative estimate of drug-likeness (QED) is 0.153. The highest BCUT2D eigenvalue weighted by atomic mass is 16.7. The first-order valence-electron chi connectivity index (χ1n) is 10.8. The predicted octanol–water partition coefficient (Wildman–Crippen LogP) is 4.19. The molecule has 6 atom stereocenters. The molecule has 0 amide bonds. The van der Waals surface area contributed by atoms with Gasteiger partial charge in [0.1, 0.15) is 29.2 Å². The second-order valence-electron chi connectivity index (χ2n) is 9.14. The van der Waals surface area contributed by atoms with E-state index in [9.17, 15) is 14.9 Å². The van der Waals surface area contributed by atoms with Gasteiger partial charge in [-0.3, -0.25) is 10.1 Å². The van der Waals surface area contributed by atoms with Crippen LogP contribution in [0.4, 0.5) is 10.5 Å². The number of carbonyl (C=O) groups is 1. The third kappa shape index (κ3) is 4.37. The molecule has 0 bridgehead atoms. The first kappa shape index (κ1) is 22.7. The number of rotatable bonds is 7. The Labute approximate surface area is 186 Å². The second kappa shape index (κ2) is 8.46. The van der Waals surface area contributed by atoms with E-state index in [0.717, 1.165) is 12.8 Å². The van der Waals surface area contributed by atoms with Crippen molar-refractivity contribution in [3.63, 3.8) is 0 Å². The minimum absolute atomic E-state index is 0.0620. The number of nitro benzene ring substituents is 1. The second-order valence-corrected chi connectivity index (χ2v) is 9.14. The van der Waals surface area contributed by atoms with Gasteiger partial charge in [0.05, 0.1) is 23.6 Å². The monoisotopic (exact) mass is 447 g/mol. The van der Waals surface area contributed by atoms with Crippen LogP contribution >= 0.6 is 0 Å². The van der Waals surface area contributed by atoms with Gasteiger partial charge in [-0.1, -0.05) is 11.6 Å². The summed E-state index contributed by atoms with van der Waals surface area (Å²) in [5.41, 5.74) is 0.419. The Morgan fingerprint density at radius 1 is 1.31 bits per heavy atom. The highest BCUT2D eigenvalue weighted by Gasteiger charge is 2.72. The SMILES string of the molecule is COC1C(OC(=O)Oc2ccc([N+](=O)[O-])cc2)CCC2(CO2)C1[C@@]1(C)O[C@@H]1CC=C(C)C. The van der Waals surface area contributed by atoms with Gasteiger partial charge in [-0.2, -0.15) is 0 Å². The number of benzene rings is 1. The van der Waals surface area contributed by atoms with Gasteiger partial charge in [0.25, 0.3) is 5.69 Å². The number of nitro groups is 1. The Balaban J connectivity index is 1.44. The molecule has 174 valence electrons. The zero-order valence-corrected chi connectivity index (χ0v) is 18.7. The van der Waals surface area contributed by atoms with Gasteiger partial charge in [0.2, 0.25) is 0 Å². The number of ether oxygens (including phenoxy) is 5. The van der Waals surface area contributed by atoms with Crippen molar-refractivity contribution in [3.8, 4) is 5.75 Å². The maximum absolute atomic E-state index is 12.4. The number of allylic oxidation sites excluding steroid dienone is 1. The molecule has 2 aliphatic heterocycles. The van der Waals surface area contributed by atoms with Gasteiger partial charge in [-0.05, 0) is 52.2 Å². The van der Waals surface area contributed by atoms with Crippen LogP contribution in [-0.2, 0) is 18.9 Å². The maximum atomic E-state index is 12.4. The summed E-state index contributed by atoms with van der Waals surface area (Å²) >= 11 is 0. The normalized spacial score (nSPS) is 35.1. The standard InChI is InChI=1S/C23H29NO8/c1-14(2)5-10-18-22(3,32-18)20-19(28-4)17(11-12-23(20)13-29-23)31-21(25)30-16-8-6-15(7-9-16)24(26)27/h5-9,17-20H,10-13H2,1-4H3/t17?,18-,19?,20?,22+,23?/m1/s1. The van der Waals surface area contributed by atoms with Gasteiger partial charge < -0.3 is 23.7 Å². The third-order valence-corrected chi connectivity index (χ3v) is 6.73. The van der Waals surface area contributed by atoms with Gasteiger partial charge in [-0.15, -0.1) is 0 Å². The van der Waals surface area contributed by atoms with Gasteiger partial charge >= 0.3 is 6.16 Å². The molecule has 1 aromatic rings. The van der Waals surface area contributed by atoms with Gasteiger partial charge in [0, 0.05) is 19.2 Å². The van der Waals surface area contributed by atoms with Crippen LogP contribution in [0.25, 0.3) is 0 Å². The molecule has 3 aliphatic rings. The molecule has 4 unspecified atom stereocenters. The van der Waals surface area contributed by atoms with Crippen molar-refractivity contribution in [1.29, 1.82) is 0 Å². The van der Waals surface area contributed by atoms with E-state index >= 15 is 0 Å². The van der Waals surface area contributed by atoms with E-state index in [1.54, 1.807) is 7.11 Å². The molecule has 2 heterocycles. The average molecular weight is 447 g/mol. The summed E-state index contributed by atoms with van der Waals surface area (Å²) in [7, 11) is 1.61. The lowest BCUT2D eigenvalue weighted by Gasteiger charge is -2.42. The van der Waals surface area contributed by atoms with Crippen LogP contribution in [0, 0.1) is 16.0 Å². The number of nitrogens with zero attached hydrogens (tertiary/aromatic N) is 1. The van der Waals surface area contributed by atoms with E-state index in [1.165, 1.54) is 29.8 Å². The molecule has 1 saturated carbocycles. The molecular weight excluding hydrogens is 418 g/mol. The van der Waals surface area contributed by atoms with Crippen LogP contribution in [-0.4, -0.2) is 54.3 Å². The molecule has 0 aromatic heterocycles. The molecule has 3 fully saturated rings. The lowest BCUT2D eigenvalue weighted by molar-refractivity contribution is -0.384. The summed E-state index contributed by atoms with van der Waals surface area (Å²) < 4.78 is 28.8. The van der Waals surface area contributed by atoms with Crippen molar-refractivity contribution >= 4 is 11.8 Å². The number of non-ortho nitro benzene ring substituents is 1. The molecule has 0 N–H and O–H groups in total. The van der Waals surface area contributed by atoms with E-state index in [1.807, 2.05) is 0 Å². The highest BCUT2D eigenvalue weighted by molar-refractivity contribution is 5.64. The number of epoxide rings is 2. The largest absolute Gasteiger partial charge is 0.514 e.